The van der Waals surface area contributed by atoms with E-state index in [2.05, 4.69) is 5.32 Å². The lowest BCUT2D eigenvalue weighted by molar-refractivity contribution is -0.153. The van der Waals surface area contributed by atoms with E-state index in [1.807, 2.05) is 13.8 Å². The molecule has 0 amide bonds. The molecular weight excluding hydrogens is 269 g/mol. The molecule has 0 bridgehead atoms. The molecule has 1 atom stereocenters. The molecule has 20 heavy (non-hydrogen) atoms. The highest BCUT2D eigenvalue weighted by Gasteiger charge is 2.41. The molecule has 1 saturated carbocycles. The van der Waals surface area contributed by atoms with Crippen LogP contribution in [0.1, 0.15) is 33.1 Å². The number of hydrogen-bond acceptors (Lipinski definition) is 3. The number of ether oxygens (including phenoxy) is 1. The van der Waals surface area contributed by atoms with Crippen LogP contribution in [0.3, 0.4) is 0 Å². The highest BCUT2D eigenvalue weighted by atomic mass is 19.4. The van der Waals surface area contributed by atoms with Crippen molar-refractivity contribution in [2.75, 3.05) is 32.8 Å². The van der Waals surface area contributed by atoms with Crippen LogP contribution in [-0.2, 0) is 4.74 Å². The Kier molecular flexibility index (Phi) is 4.97. The van der Waals surface area contributed by atoms with Crippen molar-refractivity contribution in [3.05, 3.63) is 0 Å². The lowest BCUT2D eigenvalue weighted by Gasteiger charge is -2.37. The van der Waals surface area contributed by atoms with Crippen molar-refractivity contribution >= 4 is 0 Å². The highest BCUT2D eigenvalue weighted by molar-refractivity contribution is 4.92. The second kappa shape index (κ2) is 6.20. The predicted molar refractivity (Wildman–Crippen MR) is 71.7 cm³/mol. The third-order valence-electron chi connectivity index (χ3n) is 4.18. The zero-order valence-corrected chi connectivity index (χ0v) is 12.3. The van der Waals surface area contributed by atoms with Crippen LogP contribution in [0.5, 0.6) is 0 Å². The summed E-state index contributed by atoms with van der Waals surface area (Å²) >= 11 is 0. The average molecular weight is 294 g/mol. The fourth-order valence-corrected chi connectivity index (χ4v) is 2.70. The van der Waals surface area contributed by atoms with E-state index < -0.39 is 12.7 Å². The van der Waals surface area contributed by atoms with Crippen LogP contribution in [0.2, 0.25) is 0 Å². The Balaban J connectivity index is 1.96. The SMILES string of the molecule is CC(C)N(CC(F)(F)F)CC1(CNC2CC2)CCOC1. The normalized spacial score (nSPS) is 27.8. The summed E-state index contributed by atoms with van der Waals surface area (Å²) in [5.74, 6) is 0. The second-order valence-electron chi connectivity index (χ2n) is 6.57. The summed E-state index contributed by atoms with van der Waals surface area (Å²) in [6.07, 6.45) is -0.927. The van der Waals surface area contributed by atoms with Gasteiger partial charge in [-0.3, -0.25) is 4.90 Å². The molecule has 1 N–H and O–H groups in total. The summed E-state index contributed by atoms with van der Waals surface area (Å²) in [5, 5.41) is 3.46. The largest absolute Gasteiger partial charge is 0.401 e. The van der Waals surface area contributed by atoms with Gasteiger partial charge in [0, 0.05) is 37.2 Å². The lowest BCUT2D eigenvalue weighted by atomic mass is 9.86. The Hall–Kier alpha value is -0.330. The zero-order chi connectivity index (χ0) is 14.8. The van der Waals surface area contributed by atoms with Crippen molar-refractivity contribution in [2.24, 2.45) is 5.41 Å². The molecule has 1 aliphatic heterocycles. The first kappa shape index (κ1) is 16.0. The first-order chi connectivity index (χ1) is 9.30. The van der Waals surface area contributed by atoms with Gasteiger partial charge in [-0.05, 0) is 33.1 Å². The molecule has 1 heterocycles. The fourth-order valence-electron chi connectivity index (χ4n) is 2.70. The number of alkyl halides is 3. The van der Waals surface area contributed by atoms with E-state index in [1.165, 1.54) is 17.7 Å². The van der Waals surface area contributed by atoms with E-state index in [4.69, 9.17) is 4.74 Å². The van der Waals surface area contributed by atoms with Crippen LogP contribution >= 0.6 is 0 Å². The minimum Gasteiger partial charge on any atom is -0.381 e. The summed E-state index contributed by atoms with van der Waals surface area (Å²) in [6.45, 7) is 5.24. The summed E-state index contributed by atoms with van der Waals surface area (Å²) in [4.78, 5) is 1.53. The Bertz CT molecular complexity index is 310. The van der Waals surface area contributed by atoms with Gasteiger partial charge in [-0.1, -0.05) is 0 Å². The molecule has 1 saturated heterocycles. The molecule has 0 aromatic heterocycles. The number of halogens is 3. The number of rotatable bonds is 7. The minimum absolute atomic E-state index is 0.116. The molecule has 2 fully saturated rings. The quantitative estimate of drug-likeness (QED) is 0.780. The van der Waals surface area contributed by atoms with E-state index in [9.17, 15) is 13.2 Å². The smallest absolute Gasteiger partial charge is 0.381 e. The third-order valence-corrected chi connectivity index (χ3v) is 4.18. The summed E-state index contributed by atoms with van der Waals surface area (Å²) < 4.78 is 43.6. The Morgan fingerprint density at radius 1 is 1.35 bits per heavy atom. The fraction of sp³-hybridized carbons (Fsp3) is 1.00. The first-order valence-electron chi connectivity index (χ1n) is 7.42. The molecular formula is C14H25F3N2O. The molecule has 0 radical (unpaired) electrons. The summed E-state index contributed by atoms with van der Waals surface area (Å²) in [5.41, 5.74) is -0.169. The van der Waals surface area contributed by atoms with Gasteiger partial charge in [0.05, 0.1) is 13.2 Å². The Morgan fingerprint density at radius 3 is 2.50 bits per heavy atom. The molecule has 118 valence electrons. The minimum atomic E-state index is -4.14. The van der Waals surface area contributed by atoms with Crippen molar-refractivity contribution in [1.29, 1.82) is 0 Å². The molecule has 2 rings (SSSR count). The molecule has 0 aromatic carbocycles. The molecule has 0 aromatic rings. The first-order valence-corrected chi connectivity index (χ1v) is 7.42. The second-order valence-corrected chi connectivity index (χ2v) is 6.57. The maximum Gasteiger partial charge on any atom is 0.401 e. The van der Waals surface area contributed by atoms with Gasteiger partial charge in [-0.15, -0.1) is 0 Å². The van der Waals surface area contributed by atoms with Gasteiger partial charge < -0.3 is 10.1 Å². The van der Waals surface area contributed by atoms with E-state index in [0.717, 1.165) is 13.0 Å². The van der Waals surface area contributed by atoms with E-state index in [-0.39, 0.29) is 11.5 Å². The molecule has 1 unspecified atom stereocenters. The van der Waals surface area contributed by atoms with Gasteiger partial charge >= 0.3 is 6.18 Å². The number of nitrogens with one attached hydrogen (secondary N) is 1. The van der Waals surface area contributed by atoms with Crippen LogP contribution in [0.15, 0.2) is 0 Å². The van der Waals surface area contributed by atoms with E-state index >= 15 is 0 Å². The van der Waals surface area contributed by atoms with Crippen LogP contribution < -0.4 is 5.32 Å². The van der Waals surface area contributed by atoms with Gasteiger partial charge in [0.1, 0.15) is 0 Å². The van der Waals surface area contributed by atoms with E-state index in [0.29, 0.717) is 25.8 Å². The molecule has 3 nitrogen and oxygen atoms in total. The lowest BCUT2D eigenvalue weighted by Crippen LogP contribution is -2.49. The Morgan fingerprint density at radius 2 is 2.05 bits per heavy atom. The van der Waals surface area contributed by atoms with Crippen molar-refractivity contribution in [3.8, 4) is 0 Å². The maximum atomic E-state index is 12.7. The molecule has 2 aliphatic rings. The van der Waals surface area contributed by atoms with E-state index in [1.54, 1.807) is 0 Å². The number of nitrogens with zero attached hydrogens (tertiary/aromatic N) is 1. The van der Waals surface area contributed by atoms with Gasteiger partial charge in [-0.25, -0.2) is 0 Å². The maximum absolute atomic E-state index is 12.7. The van der Waals surface area contributed by atoms with Crippen molar-refractivity contribution in [2.45, 2.75) is 51.4 Å². The van der Waals surface area contributed by atoms with Crippen molar-refractivity contribution in [3.63, 3.8) is 0 Å². The molecule has 0 spiro atoms. The van der Waals surface area contributed by atoms with Gasteiger partial charge in [0.25, 0.3) is 0 Å². The van der Waals surface area contributed by atoms with Crippen LogP contribution in [0, 0.1) is 5.41 Å². The van der Waals surface area contributed by atoms with Gasteiger partial charge in [0.2, 0.25) is 0 Å². The highest BCUT2D eigenvalue weighted by Crippen LogP contribution is 2.32. The van der Waals surface area contributed by atoms with Crippen LogP contribution in [0.4, 0.5) is 13.2 Å². The predicted octanol–water partition coefficient (Wildman–Crippen LogP) is 2.42. The zero-order valence-electron chi connectivity index (χ0n) is 12.3. The molecule has 6 heteroatoms. The summed E-state index contributed by atoms with van der Waals surface area (Å²) in [6, 6.07) is 0.456. The number of hydrogen-bond donors (Lipinski definition) is 1. The molecule has 1 aliphatic carbocycles. The Labute approximate surface area is 118 Å². The van der Waals surface area contributed by atoms with Gasteiger partial charge in [0.15, 0.2) is 0 Å². The van der Waals surface area contributed by atoms with Crippen LogP contribution in [-0.4, -0.2) is 56.0 Å². The summed E-state index contributed by atoms with van der Waals surface area (Å²) in [7, 11) is 0. The topological polar surface area (TPSA) is 24.5 Å². The van der Waals surface area contributed by atoms with Crippen molar-refractivity contribution in [1.82, 2.24) is 10.2 Å². The van der Waals surface area contributed by atoms with Crippen molar-refractivity contribution < 1.29 is 17.9 Å². The average Bonchev–Trinajstić information content (AvgIpc) is 3.05. The standard InChI is InChI=1S/C14H25F3N2O/c1-11(2)19(9-14(15,16)17)8-13(5-6-20-10-13)7-18-12-3-4-12/h11-12,18H,3-10H2,1-2H3. The van der Waals surface area contributed by atoms with Crippen LogP contribution in [0.25, 0.3) is 0 Å². The third kappa shape index (κ3) is 4.90. The monoisotopic (exact) mass is 294 g/mol. The van der Waals surface area contributed by atoms with Gasteiger partial charge in [-0.2, -0.15) is 13.2 Å².